The zero-order valence-corrected chi connectivity index (χ0v) is 9.49. The van der Waals surface area contributed by atoms with Crippen LogP contribution < -0.4 is 5.73 Å². The SMILES string of the molecule is CCn1nc(C)c2ccc(C(C)N)cc21. The predicted octanol–water partition coefficient (Wildman–Crippen LogP) is 2.38. The highest BCUT2D eigenvalue weighted by atomic mass is 15.3. The van der Waals surface area contributed by atoms with E-state index in [2.05, 4.69) is 30.2 Å². The van der Waals surface area contributed by atoms with Crippen LogP contribution in [-0.4, -0.2) is 9.78 Å². The van der Waals surface area contributed by atoms with Gasteiger partial charge in [0, 0.05) is 18.0 Å². The van der Waals surface area contributed by atoms with Crippen molar-refractivity contribution in [2.24, 2.45) is 5.73 Å². The lowest BCUT2D eigenvalue weighted by molar-refractivity contribution is 0.675. The molecular weight excluding hydrogens is 186 g/mol. The first-order valence-corrected chi connectivity index (χ1v) is 5.36. The van der Waals surface area contributed by atoms with Crippen LogP contribution in [0.15, 0.2) is 18.2 Å². The van der Waals surface area contributed by atoms with Crippen molar-refractivity contribution in [2.75, 3.05) is 0 Å². The molecule has 2 aromatic rings. The van der Waals surface area contributed by atoms with Gasteiger partial charge in [0.05, 0.1) is 11.2 Å². The smallest absolute Gasteiger partial charge is 0.0688 e. The average molecular weight is 203 g/mol. The molecule has 0 aliphatic carbocycles. The molecule has 1 unspecified atom stereocenters. The van der Waals surface area contributed by atoms with E-state index in [9.17, 15) is 0 Å². The fourth-order valence-electron chi connectivity index (χ4n) is 1.88. The van der Waals surface area contributed by atoms with E-state index >= 15 is 0 Å². The Morgan fingerprint density at radius 1 is 1.47 bits per heavy atom. The fourth-order valence-corrected chi connectivity index (χ4v) is 1.88. The molecule has 15 heavy (non-hydrogen) atoms. The van der Waals surface area contributed by atoms with Crippen molar-refractivity contribution in [1.82, 2.24) is 9.78 Å². The molecule has 0 aliphatic heterocycles. The number of aromatic nitrogens is 2. The van der Waals surface area contributed by atoms with Crippen molar-refractivity contribution < 1.29 is 0 Å². The van der Waals surface area contributed by atoms with E-state index in [0.717, 1.165) is 17.8 Å². The van der Waals surface area contributed by atoms with Crippen LogP contribution in [0.5, 0.6) is 0 Å². The zero-order chi connectivity index (χ0) is 11.0. The third kappa shape index (κ3) is 1.63. The van der Waals surface area contributed by atoms with E-state index in [4.69, 9.17) is 5.73 Å². The second-order valence-corrected chi connectivity index (χ2v) is 3.97. The molecule has 0 saturated heterocycles. The molecule has 0 radical (unpaired) electrons. The minimum atomic E-state index is 0.0786. The van der Waals surface area contributed by atoms with E-state index in [0.29, 0.717) is 0 Å². The fraction of sp³-hybridized carbons (Fsp3) is 0.417. The van der Waals surface area contributed by atoms with Crippen LogP contribution in [0, 0.1) is 6.92 Å². The van der Waals surface area contributed by atoms with Gasteiger partial charge in [-0.15, -0.1) is 0 Å². The molecule has 1 heterocycles. The topological polar surface area (TPSA) is 43.8 Å². The Hall–Kier alpha value is -1.35. The highest BCUT2D eigenvalue weighted by Gasteiger charge is 2.08. The first kappa shape index (κ1) is 10.2. The van der Waals surface area contributed by atoms with Crippen LogP contribution >= 0.6 is 0 Å². The van der Waals surface area contributed by atoms with Crippen molar-refractivity contribution in [1.29, 1.82) is 0 Å². The third-order valence-electron chi connectivity index (χ3n) is 2.79. The van der Waals surface area contributed by atoms with Gasteiger partial charge in [-0.2, -0.15) is 5.10 Å². The third-order valence-corrected chi connectivity index (χ3v) is 2.79. The number of hydrogen-bond acceptors (Lipinski definition) is 2. The highest BCUT2D eigenvalue weighted by Crippen LogP contribution is 2.21. The Labute approximate surface area is 89.9 Å². The Balaban J connectivity index is 2.68. The molecule has 0 fully saturated rings. The molecule has 0 aliphatic rings. The minimum Gasteiger partial charge on any atom is -0.324 e. The van der Waals surface area contributed by atoms with Gasteiger partial charge in [0.15, 0.2) is 0 Å². The summed E-state index contributed by atoms with van der Waals surface area (Å²) in [6.45, 7) is 7.04. The van der Waals surface area contributed by atoms with E-state index in [1.165, 1.54) is 10.9 Å². The molecule has 1 aromatic heterocycles. The first-order valence-electron chi connectivity index (χ1n) is 5.36. The maximum Gasteiger partial charge on any atom is 0.0688 e. The van der Waals surface area contributed by atoms with E-state index in [-0.39, 0.29) is 6.04 Å². The number of aryl methyl sites for hydroxylation is 2. The lowest BCUT2D eigenvalue weighted by Crippen LogP contribution is -2.05. The van der Waals surface area contributed by atoms with Crippen molar-refractivity contribution in [2.45, 2.75) is 33.4 Å². The Kier molecular flexibility index (Phi) is 2.49. The predicted molar refractivity (Wildman–Crippen MR) is 62.7 cm³/mol. The summed E-state index contributed by atoms with van der Waals surface area (Å²) >= 11 is 0. The van der Waals surface area contributed by atoms with E-state index in [1.54, 1.807) is 0 Å². The van der Waals surface area contributed by atoms with Gasteiger partial charge in [0.1, 0.15) is 0 Å². The van der Waals surface area contributed by atoms with Crippen molar-refractivity contribution in [3.05, 3.63) is 29.5 Å². The quantitative estimate of drug-likeness (QED) is 0.814. The maximum absolute atomic E-state index is 5.87. The molecule has 2 N–H and O–H groups in total. The summed E-state index contributed by atoms with van der Waals surface area (Å²) in [6.07, 6.45) is 0. The summed E-state index contributed by atoms with van der Waals surface area (Å²) in [5, 5.41) is 5.71. The summed E-state index contributed by atoms with van der Waals surface area (Å²) in [6, 6.07) is 6.42. The minimum absolute atomic E-state index is 0.0786. The molecular formula is C12H17N3. The van der Waals surface area contributed by atoms with Gasteiger partial charge in [-0.25, -0.2) is 0 Å². The Bertz CT molecular complexity index is 483. The Morgan fingerprint density at radius 2 is 2.20 bits per heavy atom. The maximum atomic E-state index is 5.87. The van der Waals surface area contributed by atoms with Gasteiger partial charge >= 0.3 is 0 Å². The van der Waals surface area contributed by atoms with Crippen LogP contribution in [0.25, 0.3) is 10.9 Å². The number of hydrogen-bond donors (Lipinski definition) is 1. The van der Waals surface area contributed by atoms with Gasteiger partial charge in [-0.1, -0.05) is 12.1 Å². The lowest BCUT2D eigenvalue weighted by Gasteiger charge is -2.06. The van der Waals surface area contributed by atoms with Crippen molar-refractivity contribution in [3.8, 4) is 0 Å². The number of nitrogens with two attached hydrogens (primary N) is 1. The van der Waals surface area contributed by atoms with Gasteiger partial charge < -0.3 is 5.73 Å². The van der Waals surface area contributed by atoms with E-state index < -0.39 is 0 Å². The van der Waals surface area contributed by atoms with Gasteiger partial charge in [-0.05, 0) is 32.4 Å². The summed E-state index contributed by atoms with van der Waals surface area (Å²) in [4.78, 5) is 0. The van der Waals surface area contributed by atoms with Gasteiger partial charge in [0.25, 0.3) is 0 Å². The van der Waals surface area contributed by atoms with Crippen LogP contribution in [0.1, 0.15) is 31.1 Å². The normalized spacial score (nSPS) is 13.3. The molecule has 2 rings (SSSR count). The second kappa shape index (κ2) is 3.66. The standard InChI is InChI=1S/C12H17N3/c1-4-15-12-7-10(8(2)13)5-6-11(12)9(3)14-15/h5-8H,4,13H2,1-3H3. The molecule has 0 amide bonds. The summed E-state index contributed by atoms with van der Waals surface area (Å²) < 4.78 is 2.02. The zero-order valence-electron chi connectivity index (χ0n) is 9.49. The van der Waals surface area contributed by atoms with Crippen LogP contribution in [0.4, 0.5) is 0 Å². The van der Waals surface area contributed by atoms with Gasteiger partial charge in [0.2, 0.25) is 0 Å². The van der Waals surface area contributed by atoms with Crippen LogP contribution in [0.2, 0.25) is 0 Å². The number of nitrogens with zero attached hydrogens (tertiary/aromatic N) is 2. The molecule has 0 bridgehead atoms. The number of benzene rings is 1. The summed E-state index contributed by atoms with van der Waals surface area (Å²) in [7, 11) is 0. The van der Waals surface area contributed by atoms with Crippen LogP contribution in [-0.2, 0) is 6.54 Å². The molecule has 80 valence electrons. The van der Waals surface area contributed by atoms with Gasteiger partial charge in [-0.3, -0.25) is 4.68 Å². The summed E-state index contributed by atoms with van der Waals surface area (Å²) in [5.41, 5.74) is 9.31. The lowest BCUT2D eigenvalue weighted by atomic mass is 10.1. The van der Waals surface area contributed by atoms with Crippen molar-refractivity contribution >= 4 is 10.9 Å². The molecule has 1 aromatic carbocycles. The highest BCUT2D eigenvalue weighted by molar-refractivity contribution is 5.82. The second-order valence-electron chi connectivity index (χ2n) is 3.97. The average Bonchev–Trinajstić information content (AvgIpc) is 2.55. The summed E-state index contributed by atoms with van der Waals surface area (Å²) in [5.74, 6) is 0. The monoisotopic (exact) mass is 203 g/mol. The number of rotatable bonds is 2. The van der Waals surface area contributed by atoms with Crippen molar-refractivity contribution in [3.63, 3.8) is 0 Å². The largest absolute Gasteiger partial charge is 0.324 e. The first-order chi connectivity index (χ1) is 7.13. The van der Waals surface area contributed by atoms with E-state index in [1.807, 2.05) is 18.5 Å². The molecule has 3 heteroatoms. The molecule has 1 atom stereocenters. The Morgan fingerprint density at radius 3 is 2.80 bits per heavy atom. The molecule has 3 nitrogen and oxygen atoms in total. The van der Waals surface area contributed by atoms with Crippen LogP contribution in [0.3, 0.4) is 0 Å². The number of fused-ring (bicyclic) bond motifs is 1. The molecule has 0 spiro atoms. The molecule has 0 saturated carbocycles.